The van der Waals surface area contributed by atoms with Crippen molar-refractivity contribution in [2.45, 2.75) is 20.0 Å². The summed E-state index contributed by atoms with van der Waals surface area (Å²) in [5, 5.41) is 17.1. The van der Waals surface area contributed by atoms with Crippen LogP contribution in [0.2, 0.25) is 0 Å². The number of carboxylic acid groups (broad SMARTS) is 1. The Hall–Kier alpha value is -3.19. The van der Waals surface area contributed by atoms with Crippen LogP contribution in [0.25, 0.3) is 27.8 Å². The minimum atomic E-state index is -1.29. The molecule has 3 aromatic heterocycles. The van der Waals surface area contributed by atoms with E-state index in [0.717, 1.165) is 16.6 Å². The number of ether oxygens (including phenoxy) is 1. The molecule has 0 aliphatic rings. The van der Waals surface area contributed by atoms with Crippen molar-refractivity contribution in [3.05, 3.63) is 95.7 Å². The van der Waals surface area contributed by atoms with E-state index in [9.17, 15) is 9.90 Å². The van der Waals surface area contributed by atoms with E-state index in [0.29, 0.717) is 28.0 Å². The van der Waals surface area contributed by atoms with Crippen LogP contribution < -0.4 is 39.4 Å². The maximum absolute atomic E-state index is 12.2. The Morgan fingerprint density at radius 3 is 2.48 bits per heavy atom. The maximum atomic E-state index is 12.2. The van der Waals surface area contributed by atoms with Crippen LogP contribution in [0.4, 0.5) is 0 Å². The Morgan fingerprint density at radius 2 is 1.76 bits per heavy atom. The fraction of sp³-hybridized carbons (Fsp3) is 0.115. The van der Waals surface area contributed by atoms with Crippen molar-refractivity contribution in [3.63, 3.8) is 0 Å². The van der Waals surface area contributed by atoms with E-state index in [1.54, 1.807) is 10.6 Å². The van der Waals surface area contributed by atoms with Gasteiger partial charge in [-0.1, -0.05) is 42.5 Å². The Bertz CT molecular complexity index is 1430. The monoisotopic (exact) mass is 445 g/mol. The number of aromatic nitrogens is 3. The first-order chi connectivity index (χ1) is 15.5. The van der Waals surface area contributed by atoms with Gasteiger partial charge in [0.05, 0.1) is 28.1 Å². The maximum Gasteiger partial charge on any atom is 1.00 e. The van der Waals surface area contributed by atoms with Gasteiger partial charge in [-0.25, -0.2) is 9.50 Å². The fourth-order valence-corrected chi connectivity index (χ4v) is 3.88. The quantitative estimate of drug-likeness (QED) is 0.382. The number of carbonyl (C=O) groups is 1. The van der Waals surface area contributed by atoms with Crippen LogP contribution in [-0.2, 0) is 0 Å². The second kappa shape index (κ2) is 9.35. The summed E-state index contributed by atoms with van der Waals surface area (Å²) in [6.07, 6.45) is 1.57. The molecular formula is C26H20N3NaO3. The van der Waals surface area contributed by atoms with E-state index < -0.39 is 5.97 Å². The van der Waals surface area contributed by atoms with E-state index in [1.807, 2.05) is 80.7 Å². The molecule has 3 heterocycles. The molecule has 0 unspecified atom stereocenters. The van der Waals surface area contributed by atoms with E-state index in [1.165, 1.54) is 6.07 Å². The van der Waals surface area contributed by atoms with Gasteiger partial charge in [-0.05, 0) is 55.3 Å². The van der Waals surface area contributed by atoms with Gasteiger partial charge in [-0.15, -0.1) is 0 Å². The number of carbonyl (C=O) groups excluding carboxylic acids is 1. The molecule has 5 aromatic rings. The fourth-order valence-electron chi connectivity index (χ4n) is 3.88. The number of rotatable bonds is 5. The van der Waals surface area contributed by atoms with E-state index >= 15 is 0 Å². The SMILES string of the molecule is Cc1ccc(O[C@@H](C)c2ccccc2)c2c(C(=O)[O-])cc(-c3cc4ccccn4n3)nc12.[Na+]. The van der Waals surface area contributed by atoms with E-state index in [4.69, 9.17) is 9.72 Å². The Balaban J connectivity index is 0.00000259. The number of hydrogen-bond acceptors (Lipinski definition) is 5. The van der Waals surface area contributed by atoms with Crippen LogP contribution in [-0.4, -0.2) is 20.6 Å². The second-order valence-corrected chi connectivity index (χ2v) is 7.72. The standard InChI is InChI=1S/C26H21N3O3.Na/c1-16-11-12-23(32-17(2)18-8-4-3-5-9-18)24-20(26(30)31)15-21(27-25(16)24)22-14-19-10-6-7-13-29(19)28-22;/h3-15,17H,1-2H3,(H,30,31);/q;+1/p-1/t17-;/m0./s1. The Morgan fingerprint density at radius 1 is 1.00 bits per heavy atom. The summed E-state index contributed by atoms with van der Waals surface area (Å²) < 4.78 is 7.93. The summed E-state index contributed by atoms with van der Waals surface area (Å²) in [6, 6.07) is 22.6. The van der Waals surface area contributed by atoms with Gasteiger partial charge in [-0.2, -0.15) is 5.10 Å². The molecule has 0 saturated carbocycles. The number of nitrogens with zero attached hydrogens (tertiary/aromatic N) is 3. The third-order valence-electron chi connectivity index (χ3n) is 5.55. The average molecular weight is 445 g/mol. The summed E-state index contributed by atoms with van der Waals surface area (Å²) in [4.78, 5) is 16.9. The molecule has 5 rings (SSSR count). The van der Waals surface area contributed by atoms with Crippen molar-refractivity contribution in [1.82, 2.24) is 14.6 Å². The molecular weight excluding hydrogens is 425 g/mol. The van der Waals surface area contributed by atoms with Gasteiger partial charge in [0.25, 0.3) is 0 Å². The number of aryl methyl sites for hydroxylation is 1. The molecule has 7 heteroatoms. The molecule has 0 aliphatic carbocycles. The number of fused-ring (bicyclic) bond motifs is 2. The van der Waals surface area contributed by atoms with Gasteiger partial charge < -0.3 is 14.6 Å². The van der Waals surface area contributed by atoms with Crippen molar-refractivity contribution in [1.29, 1.82) is 0 Å². The molecule has 0 saturated heterocycles. The minimum Gasteiger partial charge on any atom is -0.545 e. The molecule has 0 fully saturated rings. The molecule has 0 aliphatic heterocycles. The number of carboxylic acids is 1. The molecule has 2 aromatic carbocycles. The van der Waals surface area contributed by atoms with E-state index in [-0.39, 0.29) is 41.2 Å². The van der Waals surface area contributed by atoms with Gasteiger partial charge in [0.2, 0.25) is 0 Å². The first kappa shape index (κ1) is 23.0. The third-order valence-corrected chi connectivity index (χ3v) is 5.55. The zero-order valence-electron chi connectivity index (χ0n) is 18.6. The van der Waals surface area contributed by atoms with Gasteiger partial charge in [0, 0.05) is 11.8 Å². The Kier molecular flexibility index (Phi) is 6.51. The Labute approximate surface area is 213 Å². The molecule has 158 valence electrons. The molecule has 1 atom stereocenters. The molecule has 0 N–H and O–H groups in total. The van der Waals surface area contributed by atoms with Crippen molar-refractivity contribution in [2.24, 2.45) is 0 Å². The smallest absolute Gasteiger partial charge is 0.545 e. The molecule has 6 nitrogen and oxygen atoms in total. The van der Waals surface area contributed by atoms with Crippen molar-refractivity contribution >= 4 is 22.4 Å². The average Bonchev–Trinajstić information content (AvgIpc) is 3.25. The summed E-state index contributed by atoms with van der Waals surface area (Å²) in [7, 11) is 0. The van der Waals surface area contributed by atoms with Crippen LogP contribution in [0.5, 0.6) is 5.75 Å². The number of pyridine rings is 2. The van der Waals surface area contributed by atoms with Crippen LogP contribution in [0.3, 0.4) is 0 Å². The summed E-state index contributed by atoms with van der Waals surface area (Å²) >= 11 is 0. The molecule has 0 radical (unpaired) electrons. The third kappa shape index (κ3) is 4.37. The van der Waals surface area contributed by atoms with Crippen molar-refractivity contribution in [3.8, 4) is 17.1 Å². The largest absolute Gasteiger partial charge is 1.00 e. The van der Waals surface area contributed by atoms with E-state index in [2.05, 4.69) is 5.10 Å². The van der Waals surface area contributed by atoms with Crippen LogP contribution in [0.15, 0.2) is 79.0 Å². The predicted octanol–water partition coefficient (Wildman–Crippen LogP) is 1.37. The van der Waals surface area contributed by atoms with Gasteiger partial charge in [0.1, 0.15) is 17.5 Å². The second-order valence-electron chi connectivity index (χ2n) is 7.72. The van der Waals surface area contributed by atoms with Gasteiger partial charge >= 0.3 is 29.6 Å². The first-order valence-corrected chi connectivity index (χ1v) is 10.3. The topological polar surface area (TPSA) is 79.5 Å². The normalized spacial score (nSPS) is 11.8. The summed E-state index contributed by atoms with van der Waals surface area (Å²) in [6.45, 7) is 3.82. The molecule has 0 spiro atoms. The number of benzene rings is 2. The zero-order chi connectivity index (χ0) is 22.2. The number of aromatic carboxylic acids is 1. The molecule has 0 amide bonds. The van der Waals surface area contributed by atoms with Crippen molar-refractivity contribution in [2.75, 3.05) is 0 Å². The van der Waals surface area contributed by atoms with Gasteiger partial charge in [0.15, 0.2) is 0 Å². The molecule has 33 heavy (non-hydrogen) atoms. The number of hydrogen-bond donors (Lipinski definition) is 0. The van der Waals surface area contributed by atoms with Crippen LogP contribution in [0.1, 0.15) is 34.5 Å². The van der Waals surface area contributed by atoms with Crippen molar-refractivity contribution < 1.29 is 44.2 Å². The predicted molar refractivity (Wildman–Crippen MR) is 120 cm³/mol. The summed E-state index contributed by atoms with van der Waals surface area (Å²) in [5.74, 6) is -0.833. The molecule has 0 bridgehead atoms. The van der Waals surface area contributed by atoms with Gasteiger partial charge in [-0.3, -0.25) is 0 Å². The zero-order valence-corrected chi connectivity index (χ0v) is 20.6. The van der Waals surface area contributed by atoms with Crippen LogP contribution in [0, 0.1) is 6.92 Å². The summed E-state index contributed by atoms with van der Waals surface area (Å²) in [5.41, 5.74) is 4.36. The first-order valence-electron chi connectivity index (χ1n) is 10.3. The van der Waals surface area contributed by atoms with Crippen LogP contribution >= 0.6 is 0 Å². The minimum absolute atomic E-state index is 0.